The fraction of sp³-hybridized carbons (Fsp3) is 0.158. The lowest BCUT2D eigenvalue weighted by Crippen LogP contribution is -2.06. The first-order valence-electron chi connectivity index (χ1n) is 7.30. The summed E-state index contributed by atoms with van der Waals surface area (Å²) in [4.78, 5) is 11.3. The third kappa shape index (κ3) is 2.58. The van der Waals surface area contributed by atoms with Crippen LogP contribution in [0.2, 0.25) is 0 Å². The molecule has 0 bridgehead atoms. The highest BCUT2D eigenvalue weighted by Crippen LogP contribution is 2.38. The Hall–Kier alpha value is -3.06. The lowest BCUT2D eigenvalue weighted by atomic mass is 9.84. The average molecular weight is 305 g/mol. The van der Waals surface area contributed by atoms with Crippen LogP contribution in [-0.2, 0) is 6.42 Å². The lowest BCUT2D eigenvalue weighted by Gasteiger charge is -2.21. The molecule has 1 aliphatic rings. The van der Waals surface area contributed by atoms with Crippen molar-refractivity contribution in [1.82, 2.24) is 0 Å². The van der Waals surface area contributed by atoms with Crippen molar-refractivity contribution in [3.8, 4) is 11.8 Å². The van der Waals surface area contributed by atoms with Gasteiger partial charge >= 0.3 is 5.97 Å². The van der Waals surface area contributed by atoms with Gasteiger partial charge in [-0.15, -0.1) is 0 Å². The number of aromatic carboxylic acids is 1. The van der Waals surface area contributed by atoms with Gasteiger partial charge in [0.1, 0.15) is 5.75 Å². The van der Waals surface area contributed by atoms with Crippen LogP contribution in [-0.4, -0.2) is 18.2 Å². The number of nitriles is 1. The van der Waals surface area contributed by atoms with Crippen molar-refractivity contribution in [3.63, 3.8) is 0 Å². The molecule has 0 saturated heterocycles. The van der Waals surface area contributed by atoms with Crippen molar-refractivity contribution in [2.75, 3.05) is 7.11 Å². The van der Waals surface area contributed by atoms with Crippen LogP contribution in [0, 0.1) is 11.3 Å². The Morgan fingerprint density at radius 2 is 2.13 bits per heavy atom. The topological polar surface area (TPSA) is 70.3 Å². The second-order valence-corrected chi connectivity index (χ2v) is 5.33. The van der Waals surface area contributed by atoms with Crippen LogP contribution in [0.3, 0.4) is 0 Å². The van der Waals surface area contributed by atoms with Gasteiger partial charge in [0.15, 0.2) is 0 Å². The number of benzene rings is 2. The van der Waals surface area contributed by atoms with Gasteiger partial charge in [-0.25, -0.2) is 4.79 Å². The molecule has 0 radical (unpaired) electrons. The van der Waals surface area contributed by atoms with Crippen LogP contribution < -0.4 is 4.74 Å². The molecule has 114 valence electrons. The van der Waals surface area contributed by atoms with Crippen LogP contribution >= 0.6 is 0 Å². The number of allylic oxidation sites excluding steroid dienone is 1. The molecule has 0 aliphatic heterocycles. The average Bonchev–Trinajstić information content (AvgIpc) is 2.59. The molecule has 4 heteroatoms. The minimum atomic E-state index is -0.960. The SMILES string of the molecule is COc1cccc(C#N)c1C1=CCCc2ccc(C(=O)O)cc21. The highest BCUT2D eigenvalue weighted by atomic mass is 16.5. The molecule has 0 aromatic heterocycles. The van der Waals surface area contributed by atoms with E-state index in [9.17, 15) is 15.2 Å². The zero-order valence-corrected chi connectivity index (χ0v) is 12.7. The molecule has 3 rings (SSSR count). The number of carboxylic acid groups (broad SMARTS) is 1. The maximum absolute atomic E-state index is 11.3. The number of fused-ring (bicyclic) bond motifs is 1. The Kier molecular flexibility index (Phi) is 3.86. The number of carboxylic acids is 1. The maximum atomic E-state index is 11.3. The largest absolute Gasteiger partial charge is 0.496 e. The first-order valence-corrected chi connectivity index (χ1v) is 7.30. The van der Waals surface area contributed by atoms with Gasteiger partial charge in [-0.05, 0) is 53.8 Å². The highest BCUT2D eigenvalue weighted by Gasteiger charge is 2.21. The quantitative estimate of drug-likeness (QED) is 0.939. The number of carbonyl (C=O) groups is 1. The molecule has 0 atom stereocenters. The third-order valence-corrected chi connectivity index (χ3v) is 4.05. The van der Waals surface area contributed by atoms with Crippen LogP contribution in [0.1, 0.15) is 39.0 Å². The molecule has 2 aromatic carbocycles. The summed E-state index contributed by atoms with van der Waals surface area (Å²) in [5.74, 6) is -0.345. The first kappa shape index (κ1) is 14.9. The summed E-state index contributed by atoms with van der Waals surface area (Å²) in [5.41, 5.74) is 4.29. The number of hydrogen-bond donors (Lipinski definition) is 1. The molecule has 0 spiro atoms. The molecule has 23 heavy (non-hydrogen) atoms. The number of ether oxygens (including phenoxy) is 1. The molecular weight excluding hydrogens is 290 g/mol. The normalized spacial score (nSPS) is 12.8. The lowest BCUT2D eigenvalue weighted by molar-refractivity contribution is 0.0697. The zero-order valence-electron chi connectivity index (χ0n) is 12.7. The fourth-order valence-electron chi connectivity index (χ4n) is 2.97. The number of methoxy groups -OCH3 is 1. The third-order valence-electron chi connectivity index (χ3n) is 4.05. The van der Waals surface area contributed by atoms with Crippen molar-refractivity contribution in [2.45, 2.75) is 12.8 Å². The van der Waals surface area contributed by atoms with Gasteiger partial charge in [-0.3, -0.25) is 0 Å². The molecule has 0 amide bonds. The molecule has 0 unspecified atom stereocenters. The Balaban J connectivity index is 2.25. The zero-order chi connectivity index (χ0) is 16.4. The molecular formula is C19H15NO3. The van der Waals surface area contributed by atoms with Gasteiger partial charge in [-0.2, -0.15) is 5.26 Å². The minimum Gasteiger partial charge on any atom is -0.496 e. The van der Waals surface area contributed by atoms with E-state index in [0.717, 1.165) is 35.1 Å². The number of hydrogen-bond acceptors (Lipinski definition) is 3. The van der Waals surface area contributed by atoms with E-state index in [-0.39, 0.29) is 5.56 Å². The molecule has 2 aromatic rings. The summed E-state index contributed by atoms with van der Waals surface area (Å²) in [7, 11) is 1.57. The monoisotopic (exact) mass is 305 g/mol. The molecule has 0 fully saturated rings. The van der Waals surface area contributed by atoms with Crippen LogP contribution in [0.15, 0.2) is 42.5 Å². The van der Waals surface area contributed by atoms with E-state index in [2.05, 4.69) is 6.07 Å². The highest BCUT2D eigenvalue weighted by molar-refractivity contribution is 5.93. The Morgan fingerprint density at radius 3 is 2.83 bits per heavy atom. The smallest absolute Gasteiger partial charge is 0.335 e. The molecule has 1 aliphatic carbocycles. The van der Waals surface area contributed by atoms with E-state index in [1.54, 1.807) is 31.4 Å². The van der Waals surface area contributed by atoms with Gasteiger partial charge in [0.25, 0.3) is 0 Å². The molecule has 4 nitrogen and oxygen atoms in total. The number of nitrogens with zero attached hydrogens (tertiary/aromatic N) is 1. The van der Waals surface area contributed by atoms with Crippen molar-refractivity contribution in [3.05, 3.63) is 70.3 Å². The number of rotatable bonds is 3. The summed E-state index contributed by atoms with van der Waals surface area (Å²) in [5, 5.41) is 18.7. The summed E-state index contributed by atoms with van der Waals surface area (Å²) in [6.45, 7) is 0. The summed E-state index contributed by atoms with van der Waals surface area (Å²) in [6, 6.07) is 12.7. The van der Waals surface area contributed by atoms with Crippen LogP contribution in [0.25, 0.3) is 5.57 Å². The van der Waals surface area contributed by atoms with Crippen molar-refractivity contribution >= 4 is 11.5 Å². The van der Waals surface area contributed by atoms with Gasteiger partial charge < -0.3 is 9.84 Å². The summed E-state index contributed by atoms with van der Waals surface area (Å²) >= 11 is 0. The predicted molar refractivity (Wildman–Crippen MR) is 86.5 cm³/mol. The number of aryl methyl sites for hydroxylation is 1. The van der Waals surface area contributed by atoms with E-state index in [4.69, 9.17) is 4.74 Å². The second-order valence-electron chi connectivity index (χ2n) is 5.33. The van der Waals surface area contributed by atoms with E-state index in [1.165, 1.54) is 0 Å². The van der Waals surface area contributed by atoms with E-state index in [1.807, 2.05) is 18.2 Å². The van der Waals surface area contributed by atoms with Crippen molar-refractivity contribution < 1.29 is 14.6 Å². The molecule has 0 heterocycles. The fourth-order valence-corrected chi connectivity index (χ4v) is 2.97. The van der Waals surface area contributed by atoms with Crippen molar-refractivity contribution in [1.29, 1.82) is 5.26 Å². The van der Waals surface area contributed by atoms with E-state index >= 15 is 0 Å². The van der Waals surface area contributed by atoms with Gasteiger partial charge in [0, 0.05) is 5.56 Å². The summed E-state index contributed by atoms with van der Waals surface area (Å²) in [6.07, 6.45) is 3.75. The first-order chi connectivity index (χ1) is 11.2. The molecule has 0 saturated carbocycles. The Bertz CT molecular complexity index is 859. The summed E-state index contributed by atoms with van der Waals surface area (Å²) < 4.78 is 5.43. The van der Waals surface area contributed by atoms with Crippen LogP contribution in [0.5, 0.6) is 5.75 Å². The van der Waals surface area contributed by atoms with Crippen LogP contribution in [0.4, 0.5) is 0 Å². The Labute approximate surface area is 134 Å². The minimum absolute atomic E-state index is 0.241. The molecule has 1 N–H and O–H groups in total. The predicted octanol–water partition coefficient (Wildman–Crippen LogP) is 3.64. The van der Waals surface area contributed by atoms with Gasteiger partial charge in [-0.1, -0.05) is 18.2 Å². The Morgan fingerprint density at radius 1 is 1.30 bits per heavy atom. The standard InChI is InChI=1S/C19H15NO3/c1-23-17-7-3-5-14(11-20)18(17)15-6-2-4-12-8-9-13(19(21)22)10-16(12)15/h3,5-10H,2,4H2,1H3,(H,21,22). The van der Waals surface area contributed by atoms with Crippen molar-refractivity contribution in [2.24, 2.45) is 0 Å². The maximum Gasteiger partial charge on any atom is 0.335 e. The van der Waals surface area contributed by atoms with Gasteiger partial charge in [0.2, 0.25) is 0 Å². The van der Waals surface area contributed by atoms with Gasteiger partial charge in [0.05, 0.1) is 24.3 Å². The van der Waals surface area contributed by atoms with E-state index < -0.39 is 5.97 Å². The second kappa shape index (κ2) is 5.98. The van der Waals surface area contributed by atoms with E-state index in [0.29, 0.717) is 11.3 Å².